The molecule has 1 saturated heterocycles. The molecule has 0 aliphatic carbocycles. The van der Waals surface area contributed by atoms with E-state index in [0.717, 1.165) is 31.2 Å². The molecule has 4 nitrogen and oxygen atoms in total. The SMILES string of the molecule is CCCC1CC(C(=O)NC(CCO)c2ccccc2)CCO1. The number of ether oxygens (including phenoxy) is 1. The second kappa shape index (κ2) is 8.91. The molecule has 0 spiro atoms. The van der Waals surface area contributed by atoms with E-state index in [1.54, 1.807) is 0 Å². The Hall–Kier alpha value is -1.39. The topological polar surface area (TPSA) is 58.6 Å². The summed E-state index contributed by atoms with van der Waals surface area (Å²) in [5.41, 5.74) is 1.04. The molecule has 0 aromatic heterocycles. The Bertz CT molecular complexity index is 447. The van der Waals surface area contributed by atoms with Crippen LogP contribution in [0.15, 0.2) is 30.3 Å². The maximum Gasteiger partial charge on any atom is 0.223 e. The summed E-state index contributed by atoms with van der Waals surface area (Å²) in [6.45, 7) is 2.87. The highest BCUT2D eigenvalue weighted by atomic mass is 16.5. The molecular weight excluding hydrogens is 278 g/mol. The van der Waals surface area contributed by atoms with Crippen molar-refractivity contribution < 1.29 is 14.6 Å². The molecule has 2 rings (SSSR count). The summed E-state index contributed by atoms with van der Waals surface area (Å²) < 4.78 is 5.72. The molecule has 1 aliphatic rings. The van der Waals surface area contributed by atoms with E-state index in [1.807, 2.05) is 30.3 Å². The van der Waals surface area contributed by atoms with Gasteiger partial charge >= 0.3 is 0 Å². The largest absolute Gasteiger partial charge is 0.396 e. The van der Waals surface area contributed by atoms with Crippen LogP contribution in [-0.4, -0.2) is 30.3 Å². The smallest absolute Gasteiger partial charge is 0.223 e. The first kappa shape index (κ1) is 17.0. The highest BCUT2D eigenvalue weighted by Crippen LogP contribution is 2.25. The number of amides is 1. The van der Waals surface area contributed by atoms with E-state index >= 15 is 0 Å². The Kier molecular flexibility index (Phi) is 6.87. The maximum atomic E-state index is 12.6. The van der Waals surface area contributed by atoms with Crippen LogP contribution >= 0.6 is 0 Å². The summed E-state index contributed by atoms with van der Waals surface area (Å²) in [5.74, 6) is 0.113. The zero-order valence-electron chi connectivity index (χ0n) is 13.3. The third-order valence-corrected chi connectivity index (χ3v) is 4.28. The van der Waals surface area contributed by atoms with Crippen LogP contribution in [-0.2, 0) is 9.53 Å². The van der Waals surface area contributed by atoms with Gasteiger partial charge in [-0.2, -0.15) is 0 Å². The first-order valence-electron chi connectivity index (χ1n) is 8.32. The maximum absolute atomic E-state index is 12.6. The number of carbonyl (C=O) groups excluding carboxylic acids is 1. The van der Waals surface area contributed by atoms with E-state index in [9.17, 15) is 9.90 Å². The second-order valence-electron chi connectivity index (χ2n) is 5.99. The molecule has 0 bridgehead atoms. The van der Waals surface area contributed by atoms with E-state index in [0.29, 0.717) is 13.0 Å². The lowest BCUT2D eigenvalue weighted by atomic mass is 9.92. The molecule has 1 aromatic rings. The number of nitrogens with one attached hydrogen (secondary N) is 1. The predicted molar refractivity (Wildman–Crippen MR) is 86.4 cm³/mol. The summed E-state index contributed by atoms with van der Waals surface area (Å²) in [6.07, 6.45) is 4.44. The lowest BCUT2D eigenvalue weighted by Gasteiger charge is -2.30. The number of hydrogen-bond acceptors (Lipinski definition) is 3. The molecular formula is C18H27NO3. The highest BCUT2D eigenvalue weighted by Gasteiger charge is 2.28. The summed E-state index contributed by atoms with van der Waals surface area (Å²) in [7, 11) is 0. The molecule has 0 saturated carbocycles. The van der Waals surface area contributed by atoms with Gasteiger partial charge in [0, 0.05) is 19.1 Å². The molecule has 2 N–H and O–H groups in total. The van der Waals surface area contributed by atoms with Crippen LogP contribution in [0.2, 0.25) is 0 Å². The monoisotopic (exact) mass is 305 g/mol. The van der Waals surface area contributed by atoms with Crippen LogP contribution < -0.4 is 5.32 Å². The van der Waals surface area contributed by atoms with Gasteiger partial charge in [0.1, 0.15) is 0 Å². The normalized spacial score (nSPS) is 23.0. The first-order chi connectivity index (χ1) is 10.7. The fourth-order valence-electron chi connectivity index (χ4n) is 3.07. The number of carbonyl (C=O) groups is 1. The number of hydrogen-bond donors (Lipinski definition) is 2. The zero-order chi connectivity index (χ0) is 15.8. The van der Waals surface area contributed by atoms with E-state index in [4.69, 9.17) is 4.74 Å². The third-order valence-electron chi connectivity index (χ3n) is 4.28. The quantitative estimate of drug-likeness (QED) is 0.814. The van der Waals surface area contributed by atoms with E-state index in [1.165, 1.54) is 0 Å². The minimum Gasteiger partial charge on any atom is -0.396 e. The molecule has 1 heterocycles. The Labute approximate surface area is 132 Å². The Morgan fingerprint density at radius 2 is 2.18 bits per heavy atom. The van der Waals surface area contributed by atoms with Crippen molar-refractivity contribution in [3.63, 3.8) is 0 Å². The fourth-order valence-corrected chi connectivity index (χ4v) is 3.07. The molecule has 4 heteroatoms. The van der Waals surface area contributed by atoms with Crippen LogP contribution in [0.3, 0.4) is 0 Å². The van der Waals surface area contributed by atoms with Crippen LogP contribution in [0.4, 0.5) is 0 Å². The van der Waals surface area contributed by atoms with E-state index in [-0.39, 0.29) is 30.6 Å². The average Bonchev–Trinajstić information content (AvgIpc) is 2.56. The van der Waals surface area contributed by atoms with Gasteiger partial charge in [0.15, 0.2) is 0 Å². The van der Waals surface area contributed by atoms with Crippen molar-refractivity contribution in [1.82, 2.24) is 5.32 Å². The Balaban J connectivity index is 1.96. The second-order valence-corrected chi connectivity index (χ2v) is 5.99. The summed E-state index contributed by atoms with van der Waals surface area (Å²) in [5, 5.41) is 12.4. The predicted octanol–water partition coefficient (Wildman–Crippen LogP) is 2.82. The number of benzene rings is 1. The van der Waals surface area contributed by atoms with Crippen molar-refractivity contribution in [2.24, 2.45) is 5.92 Å². The van der Waals surface area contributed by atoms with Gasteiger partial charge in [-0.1, -0.05) is 43.7 Å². The highest BCUT2D eigenvalue weighted by molar-refractivity contribution is 5.79. The van der Waals surface area contributed by atoms with Crippen molar-refractivity contribution in [3.05, 3.63) is 35.9 Å². The minimum atomic E-state index is -0.119. The standard InChI is InChI=1S/C18H27NO3/c1-2-6-16-13-15(10-12-22-16)18(21)19-17(9-11-20)14-7-4-3-5-8-14/h3-5,7-8,15-17,20H,2,6,9-13H2,1H3,(H,19,21). The molecule has 1 fully saturated rings. The fraction of sp³-hybridized carbons (Fsp3) is 0.611. The molecule has 1 amide bonds. The van der Waals surface area contributed by atoms with Gasteiger partial charge in [0.05, 0.1) is 12.1 Å². The van der Waals surface area contributed by atoms with E-state index in [2.05, 4.69) is 12.2 Å². The number of aliphatic hydroxyl groups is 1. The van der Waals surface area contributed by atoms with Gasteiger partial charge in [0.25, 0.3) is 0 Å². The lowest BCUT2D eigenvalue weighted by Crippen LogP contribution is -2.39. The van der Waals surface area contributed by atoms with Gasteiger partial charge < -0.3 is 15.2 Å². The van der Waals surface area contributed by atoms with Crippen molar-refractivity contribution in [1.29, 1.82) is 0 Å². The van der Waals surface area contributed by atoms with Crippen LogP contribution in [0.1, 0.15) is 50.6 Å². The van der Waals surface area contributed by atoms with Gasteiger partial charge in [0.2, 0.25) is 5.91 Å². The molecule has 3 atom stereocenters. The van der Waals surface area contributed by atoms with Crippen molar-refractivity contribution in [2.45, 2.75) is 51.2 Å². The van der Waals surface area contributed by atoms with Gasteiger partial charge in [-0.05, 0) is 31.2 Å². The Morgan fingerprint density at radius 3 is 2.86 bits per heavy atom. The third kappa shape index (κ3) is 4.82. The average molecular weight is 305 g/mol. The molecule has 22 heavy (non-hydrogen) atoms. The van der Waals surface area contributed by atoms with Crippen LogP contribution in [0.25, 0.3) is 0 Å². The van der Waals surface area contributed by atoms with Crippen molar-refractivity contribution in [2.75, 3.05) is 13.2 Å². The van der Waals surface area contributed by atoms with Crippen LogP contribution in [0.5, 0.6) is 0 Å². The summed E-state index contributed by atoms with van der Waals surface area (Å²) >= 11 is 0. The molecule has 0 radical (unpaired) electrons. The van der Waals surface area contributed by atoms with Crippen molar-refractivity contribution in [3.8, 4) is 0 Å². The minimum absolute atomic E-state index is 0.0233. The Morgan fingerprint density at radius 1 is 1.41 bits per heavy atom. The number of aliphatic hydroxyl groups excluding tert-OH is 1. The van der Waals surface area contributed by atoms with Crippen molar-refractivity contribution >= 4 is 5.91 Å². The molecule has 3 unspecified atom stereocenters. The zero-order valence-corrected chi connectivity index (χ0v) is 13.3. The summed E-state index contributed by atoms with van der Waals surface area (Å²) in [6, 6.07) is 9.73. The van der Waals surface area contributed by atoms with E-state index < -0.39 is 0 Å². The van der Waals surface area contributed by atoms with Gasteiger partial charge in [-0.15, -0.1) is 0 Å². The molecule has 1 aromatic carbocycles. The van der Waals surface area contributed by atoms with Crippen LogP contribution in [0, 0.1) is 5.92 Å². The lowest BCUT2D eigenvalue weighted by molar-refractivity contribution is -0.131. The molecule has 122 valence electrons. The first-order valence-corrected chi connectivity index (χ1v) is 8.32. The van der Waals surface area contributed by atoms with Gasteiger partial charge in [-0.25, -0.2) is 0 Å². The molecule has 1 aliphatic heterocycles. The van der Waals surface area contributed by atoms with Gasteiger partial charge in [-0.3, -0.25) is 4.79 Å². The number of rotatable bonds is 7. The summed E-state index contributed by atoms with van der Waals surface area (Å²) in [4.78, 5) is 12.6.